The first-order valence-electron chi connectivity index (χ1n) is 22.0. The minimum Gasteiger partial charge on any atom is -0.376 e. The predicted molar refractivity (Wildman–Crippen MR) is 224 cm³/mol. The Morgan fingerprint density at radius 3 is 1.76 bits per heavy atom. The van der Waals surface area contributed by atoms with Crippen LogP contribution in [0, 0.1) is 0 Å². The normalized spacial score (nSPS) is 31.9. The van der Waals surface area contributed by atoms with Crippen molar-refractivity contribution in [1.29, 1.82) is 0 Å². The first-order valence-corrected chi connectivity index (χ1v) is 22.0. The minimum absolute atomic E-state index is 0.278. The van der Waals surface area contributed by atoms with Crippen LogP contribution in [-0.4, -0.2) is 50.2 Å². The Morgan fingerprint density at radius 1 is 0.534 bits per heavy atom. The Hall–Kier alpha value is -4.66. The van der Waals surface area contributed by atoms with Crippen LogP contribution in [0.1, 0.15) is 77.2 Å². The molecule has 8 aliphatic rings. The van der Waals surface area contributed by atoms with Crippen LogP contribution >= 0.6 is 0 Å². The first kappa shape index (κ1) is 27.9. The van der Waals surface area contributed by atoms with Gasteiger partial charge in [-0.25, -0.2) is 0 Å². The zero-order valence-electron chi connectivity index (χ0n) is 31.7. The fraction of sp³-hybridized carbons (Fsp3) is 0.346. The third-order valence-corrected chi connectivity index (χ3v) is 18.2. The van der Waals surface area contributed by atoms with E-state index in [1.54, 1.807) is 50.2 Å². The number of rotatable bonds is 2. The van der Waals surface area contributed by atoms with Gasteiger partial charge in [0.1, 0.15) is 36.1 Å². The van der Waals surface area contributed by atoms with Crippen LogP contribution in [0.5, 0.6) is 0 Å². The molecule has 20 rings (SSSR count). The van der Waals surface area contributed by atoms with Gasteiger partial charge in [-0.05, 0) is 178 Å². The number of benzene rings is 9. The lowest BCUT2D eigenvalue weighted by Gasteiger charge is -2.49. The zero-order chi connectivity index (χ0) is 36.3. The largest absolute Gasteiger partial charge is 0.376 e. The van der Waals surface area contributed by atoms with Crippen molar-refractivity contribution in [2.75, 3.05) is 13.7 Å². The van der Waals surface area contributed by atoms with Crippen LogP contribution in [-0.2, 0) is 53.3 Å². The summed E-state index contributed by atoms with van der Waals surface area (Å²) in [7, 11) is 1.79. The van der Waals surface area contributed by atoms with Gasteiger partial charge >= 0.3 is 0 Å². The number of fused-ring (bicyclic) bond motifs is 2. The van der Waals surface area contributed by atoms with Gasteiger partial charge in [-0.15, -0.1) is 0 Å². The summed E-state index contributed by atoms with van der Waals surface area (Å²) in [6.07, 6.45) is 6.07. The highest BCUT2D eigenvalue weighted by molar-refractivity contribution is 6.65. The zero-order valence-corrected chi connectivity index (χ0v) is 31.7. The molecule has 0 radical (unpaired) electrons. The lowest BCUT2D eigenvalue weighted by Crippen LogP contribution is -2.54. The maximum Gasteiger partial charge on any atom is 0.190 e. The molecule has 12 aromatic carbocycles. The lowest BCUT2D eigenvalue weighted by molar-refractivity contribution is -0.293. The average Bonchev–Trinajstić information content (AvgIpc) is 4.10. The Bertz CT molecular complexity index is 3970. The topological polar surface area (TPSA) is 55.4 Å². The molecule has 5 aliphatic carbocycles. The van der Waals surface area contributed by atoms with E-state index >= 15 is 0 Å². The van der Waals surface area contributed by atoms with E-state index in [9.17, 15) is 0 Å². The molecule has 3 aliphatic heterocycles. The van der Waals surface area contributed by atoms with Gasteiger partial charge in [-0.1, -0.05) is 36.8 Å². The lowest BCUT2D eigenvalue weighted by atomic mass is 9.75. The summed E-state index contributed by atoms with van der Waals surface area (Å²) in [5.41, 5.74) is 9.52. The highest BCUT2D eigenvalue weighted by atomic mass is 16.8. The van der Waals surface area contributed by atoms with Crippen molar-refractivity contribution in [1.82, 2.24) is 0 Å². The van der Waals surface area contributed by atoms with Gasteiger partial charge in [0, 0.05) is 31.9 Å². The second-order valence-corrected chi connectivity index (χ2v) is 20.2. The van der Waals surface area contributed by atoms with Gasteiger partial charge in [0.05, 0.1) is 6.61 Å². The molecule has 12 aromatic rings. The summed E-state index contributed by atoms with van der Waals surface area (Å²) in [6.45, 7) is 0.429. The molecule has 3 saturated heterocycles. The number of hydrogen-bond acceptors (Lipinski definition) is 6. The molecule has 0 aromatic heterocycles. The SMILES string of the molecule is CO[C@@H]1[C@H]2OC3(CCCCC3)O[C@H]2O[C@@H]1[C@H]1COC23Cc4cc5cc6c7c8c(cc9cc%10c%11c%12c(cc(c%13c%14c2c4c2c5c7c4c2c%14c(c%13%12)c2c%11c9c8c24)C3O1)C%10)C6. The standard InChI is InChI=1S/C52H32O6/c1-53-47-46(56-50-48(47)57-51(58-50)5-3-2-4-6-51)24-15-54-52-14-22-12-20-10-17-7-16-8-19-9-18-11-21-13-23(49(52)55-24)32-37-28(21)27(18)34-29(19)33-25(16)26(17)35-30(20)36-31(22)45(52)44(32)43-41(36)39(35)38(33)40(34)42(37)43/h8-10,12-13,24,46-50H,2-7,11,14-15H2,1H3/t24-,46-,47+,48-,49?,50-,52?/m1/s1. The smallest absolute Gasteiger partial charge is 0.190 e. The van der Waals surface area contributed by atoms with E-state index in [0.29, 0.717) is 6.61 Å². The van der Waals surface area contributed by atoms with Crippen molar-refractivity contribution in [3.8, 4) is 0 Å². The van der Waals surface area contributed by atoms with Crippen LogP contribution in [0.3, 0.4) is 0 Å². The minimum atomic E-state index is -0.628. The van der Waals surface area contributed by atoms with Gasteiger partial charge in [0.25, 0.3) is 0 Å². The number of methoxy groups -OCH3 is 1. The van der Waals surface area contributed by atoms with Crippen molar-refractivity contribution in [3.63, 3.8) is 0 Å². The quantitative estimate of drug-likeness (QED) is 0.164. The monoisotopic (exact) mass is 752 g/mol. The fourth-order valence-corrected chi connectivity index (χ4v) is 16.7. The molecule has 58 heavy (non-hydrogen) atoms. The van der Waals surface area contributed by atoms with Crippen molar-refractivity contribution >= 4 is 118 Å². The van der Waals surface area contributed by atoms with Crippen LogP contribution in [0.4, 0.5) is 0 Å². The Labute approximate surface area is 328 Å². The molecule has 0 N–H and O–H groups in total. The summed E-state index contributed by atoms with van der Waals surface area (Å²) >= 11 is 0. The number of hydrogen-bond donors (Lipinski definition) is 0. The van der Waals surface area contributed by atoms with Crippen LogP contribution in [0.15, 0.2) is 30.3 Å². The summed E-state index contributed by atoms with van der Waals surface area (Å²) in [5, 5.41) is 33.2. The molecule has 3 heterocycles. The molecule has 6 nitrogen and oxygen atoms in total. The van der Waals surface area contributed by atoms with E-state index in [1.807, 2.05) is 0 Å². The fourth-order valence-electron chi connectivity index (χ4n) is 16.7. The Balaban J connectivity index is 0.927. The Morgan fingerprint density at radius 2 is 1.10 bits per heavy atom. The van der Waals surface area contributed by atoms with Crippen LogP contribution < -0.4 is 0 Å². The molecule has 0 amide bonds. The van der Waals surface area contributed by atoms with Crippen molar-refractivity contribution in [2.24, 2.45) is 0 Å². The van der Waals surface area contributed by atoms with Crippen molar-refractivity contribution in [3.05, 3.63) is 69.3 Å². The Kier molecular flexibility index (Phi) is 3.79. The molecule has 0 bridgehead atoms. The van der Waals surface area contributed by atoms with E-state index in [0.717, 1.165) is 44.9 Å². The second-order valence-electron chi connectivity index (χ2n) is 20.2. The van der Waals surface area contributed by atoms with Crippen LogP contribution in [0.25, 0.3) is 118 Å². The molecule has 1 saturated carbocycles. The van der Waals surface area contributed by atoms with E-state index in [1.165, 1.54) is 121 Å². The molecule has 2 spiro atoms. The van der Waals surface area contributed by atoms with E-state index in [4.69, 9.17) is 28.4 Å². The molecule has 2 unspecified atom stereocenters. The highest BCUT2D eigenvalue weighted by Gasteiger charge is 2.63. The van der Waals surface area contributed by atoms with Gasteiger partial charge in [0.2, 0.25) is 0 Å². The highest BCUT2D eigenvalue weighted by Crippen LogP contribution is 2.71. The summed E-state index contributed by atoms with van der Waals surface area (Å²) < 4.78 is 42.0. The summed E-state index contributed by atoms with van der Waals surface area (Å²) in [4.78, 5) is 0. The maximum absolute atomic E-state index is 7.71. The number of ether oxygens (including phenoxy) is 6. The molecule has 6 heteroatoms. The van der Waals surface area contributed by atoms with Crippen LogP contribution in [0.2, 0.25) is 0 Å². The van der Waals surface area contributed by atoms with E-state index < -0.39 is 17.7 Å². The van der Waals surface area contributed by atoms with Gasteiger partial charge in [-0.3, -0.25) is 0 Å². The summed E-state index contributed by atoms with van der Waals surface area (Å²) in [5.74, 6) is -0.546. The second kappa shape index (κ2) is 7.88. The van der Waals surface area contributed by atoms with Gasteiger partial charge in [-0.2, -0.15) is 0 Å². The summed E-state index contributed by atoms with van der Waals surface area (Å²) in [6, 6.07) is 12.9. The van der Waals surface area contributed by atoms with Gasteiger partial charge in [0.15, 0.2) is 12.1 Å². The third-order valence-electron chi connectivity index (χ3n) is 18.2. The molecular weight excluding hydrogens is 721 g/mol. The van der Waals surface area contributed by atoms with Crippen molar-refractivity contribution in [2.45, 2.75) is 99.6 Å². The average molecular weight is 753 g/mol. The van der Waals surface area contributed by atoms with Crippen molar-refractivity contribution < 1.29 is 28.4 Å². The van der Waals surface area contributed by atoms with E-state index in [2.05, 4.69) is 30.3 Å². The van der Waals surface area contributed by atoms with E-state index in [-0.39, 0.29) is 30.5 Å². The molecule has 276 valence electrons. The first-order chi connectivity index (χ1) is 28.6. The maximum atomic E-state index is 7.71. The van der Waals surface area contributed by atoms with Gasteiger partial charge < -0.3 is 28.4 Å². The third kappa shape index (κ3) is 2.33. The predicted octanol–water partition coefficient (Wildman–Crippen LogP) is 10.7. The molecule has 4 fully saturated rings. The molecule has 7 atom stereocenters. The molecular formula is C52H32O6.